The summed E-state index contributed by atoms with van der Waals surface area (Å²) >= 11 is 0. The Hall–Kier alpha value is -4.57. The molecule has 0 spiro atoms. The second-order valence-electron chi connectivity index (χ2n) is 21.6. The number of carbonyl (C=O) groups excluding carboxylic acids is 2. The maximum atomic E-state index is 12.9. The second-order valence-corrected chi connectivity index (χ2v) is 21.6. The summed E-state index contributed by atoms with van der Waals surface area (Å²) in [4.78, 5) is 37.5. The van der Waals surface area contributed by atoms with Crippen molar-refractivity contribution in [2.75, 3.05) is 47.5 Å². The van der Waals surface area contributed by atoms with E-state index in [1.165, 1.54) is 83.5 Å². The van der Waals surface area contributed by atoms with Crippen LogP contribution in [0.5, 0.6) is 0 Å². The first kappa shape index (κ1) is 74.4. The van der Waals surface area contributed by atoms with Crippen molar-refractivity contribution in [2.24, 2.45) is 0 Å². The molecule has 9 nitrogen and oxygen atoms in total. The van der Waals surface area contributed by atoms with Crippen molar-refractivity contribution in [1.82, 2.24) is 0 Å². The fraction of sp³-hybridized carbons (Fsp3) is 0.643. The lowest BCUT2D eigenvalue weighted by atomic mass is 10.0. The molecule has 2 unspecified atom stereocenters. The van der Waals surface area contributed by atoms with Crippen LogP contribution in [0.3, 0.4) is 0 Å². The van der Waals surface area contributed by atoms with E-state index in [-0.39, 0.29) is 38.6 Å². The highest BCUT2D eigenvalue weighted by Gasteiger charge is 2.25. The molecule has 0 heterocycles. The van der Waals surface area contributed by atoms with Gasteiger partial charge in [-0.3, -0.25) is 9.59 Å². The molecule has 1 N–H and O–H groups in total. The van der Waals surface area contributed by atoms with E-state index < -0.39 is 24.3 Å². The zero-order valence-electron chi connectivity index (χ0n) is 51.0. The van der Waals surface area contributed by atoms with Crippen LogP contribution in [0.2, 0.25) is 0 Å². The number of unbranched alkanes of at least 4 members (excludes halogenated alkanes) is 19. The van der Waals surface area contributed by atoms with Crippen LogP contribution in [0.4, 0.5) is 0 Å². The molecule has 0 radical (unpaired) electrons. The lowest BCUT2D eigenvalue weighted by Crippen LogP contribution is -2.40. The first-order valence-corrected chi connectivity index (χ1v) is 31.3. The highest BCUT2D eigenvalue weighted by atomic mass is 16.7. The Balaban J connectivity index is 4.27. The molecule has 9 heteroatoms. The largest absolute Gasteiger partial charge is 0.477 e. The summed E-state index contributed by atoms with van der Waals surface area (Å²) in [5.41, 5.74) is 0. The molecule has 0 amide bonds. The average Bonchev–Trinajstić information content (AvgIpc) is 3.42. The van der Waals surface area contributed by atoms with E-state index in [4.69, 9.17) is 18.9 Å². The molecule has 0 saturated carbocycles. The van der Waals surface area contributed by atoms with Gasteiger partial charge in [0.15, 0.2) is 6.10 Å². The summed E-state index contributed by atoms with van der Waals surface area (Å²) in [7, 11) is 5.96. The normalized spacial score (nSPS) is 13.7. The number of ether oxygens (including phenoxy) is 4. The summed E-state index contributed by atoms with van der Waals surface area (Å²) in [6.45, 7) is 4.63. The van der Waals surface area contributed by atoms with E-state index in [0.717, 1.165) is 116 Å². The standard InChI is InChI=1S/C70H115NO8/c1-6-8-10-12-14-16-18-20-22-24-26-28-30-32-33-34-35-37-39-41-43-45-47-49-51-53-55-57-59-61-68(73)79-66(65-78-70(69(74)75)76-63-62-71(3,4)5)64-77-67(72)60-58-56-54-52-50-48-46-44-42-40-38-36-31-29-27-25-23-21-19-17-15-13-11-9-7-2/h8-11,14-17,20-23,26-29,32-33,35,37,41,43,66,70H,6-7,12-13,18-19,24-25,30-31,34,36,38-40,42,44-65H2,1-5H3/p+1/b10-8-,11-9-,16-14-,17-15-,22-20-,23-21-,28-26-,29-27-,33-32-,37-35-,43-41-. The van der Waals surface area contributed by atoms with Crippen molar-refractivity contribution in [1.29, 1.82) is 0 Å². The summed E-state index contributed by atoms with van der Waals surface area (Å²) in [6.07, 6.45) is 82.4. The van der Waals surface area contributed by atoms with Crippen molar-refractivity contribution in [3.05, 3.63) is 134 Å². The van der Waals surface area contributed by atoms with Crippen molar-refractivity contribution in [2.45, 2.75) is 245 Å². The Morgan fingerprint density at radius 1 is 0.380 bits per heavy atom. The quantitative estimate of drug-likeness (QED) is 0.0211. The first-order valence-electron chi connectivity index (χ1n) is 31.3. The smallest absolute Gasteiger partial charge is 0.361 e. The van der Waals surface area contributed by atoms with E-state index in [9.17, 15) is 19.5 Å². The molecule has 0 aromatic carbocycles. The van der Waals surface area contributed by atoms with Crippen molar-refractivity contribution in [3.8, 4) is 0 Å². The number of hydrogen-bond acceptors (Lipinski definition) is 7. The van der Waals surface area contributed by atoms with Crippen LogP contribution in [0, 0.1) is 0 Å². The lowest BCUT2D eigenvalue weighted by molar-refractivity contribution is -0.870. The number of esters is 2. The van der Waals surface area contributed by atoms with Gasteiger partial charge in [-0.2, -0.15) is 0 Å². The molecular formula is C70H116NO8+. The van der Waals surface area contributed by atoms with Crippen molar-refractivity contribution >= 4 is 17.9 Å². The predicted molar refractivity (Wildman–Crippen MR) is 336 cm³/mol. The Morgan fingerprint density at radius 2 is 0.684 bits per heavy atom. The number of nitrogens with zero attached hydrogens (tertiary/aromatic N) is 1. The highest BCUT2D eigenvalue weighted by Crippen LogP contribution is 2.15. The van der Waals surface area contributed by atoms with Gasteiger partial charge in [-0.15, -0.1) is 0 Å². The molecule has 0 aromatic heterocycles. The SMILES string of the molecule is CC/C=C\C/C=C\C/C=C\C/C=C\C/C=C\C/C=C\C/C=C\CCCCCCCCCC(=O)OC(COC(=O)CCCCCCCCCCCCCC/C=C\C/C=C\C/C=C\C/C=C\CC)COC(OCC[N+](C)(C)C)C(=O)O. The predicted octanol–water partition coefficient (Wildman–Crippen LogP) is 19.0. The van der Waals surface area contributed by atoms with Gasteiger partial charge in [-0.05, 0) is 109 Å². The molecule has 79 heavy (non-hydrogen) atoms. The molecule has 0 aliphatic carbocycles. The van der Waals surface area contributed by atoms with Gasteiger partial charge >= 0.3 is 17.9 Å². The van der Waals surface area contributed by atoms with Crippen LogP contribution in [0.1, 0.15) is 232 Å². The Kier molecular flexibility index (Phi) is 56.1. The minimum atomic E-state index is -1.52. The van der Waals surface area contributed by atoms with Crippen molar-refractivity contribution in [3.63, 3.8) is 0 Å². The molecule has 0 saturated heterocycles. The molecule has 448 valence electrons. The highest BCUT2D eigenvalue weighted by molar-refractivity contribution is 5.71. The van der Waals surface area contributed by atoms with Gasteiger partial charge in [0.05, 0.1) is 34.4 Å². The van der Waals surface area contributed by atoms with Gasteiger partial charge < -0.3 is 28.5 Å². The molecule has 0 aromatic rings. The molecule has 0 rings (SSSR count). The zero-order chi connectivity index (χ0) is 57.6. The van der Waals surface area contributed by atoms with Gasteiger partial charge in [-0.25, -0.2) is 4.79 Å². The average molecular weight is 1100 g/mol. The fourth-order valence-electron chi connectivity index (χ4n) is 8.16. The topological polar surface area (TPSA) is 108 Å². The number of hydrogen-bond donors (Lipinski definition) is 1. The molecule has 0 bridgehead atoms. The molecule has 0 aliphatic heterocycles. The lowest BCUT2D eigenvalue weighted by Gasteiger charge is -2.25. The van der Waals surface area contributed by atoms with Gasteiger partial charge in [0.1, 0.15) is 13.2 Å². The molecule has 2 atom stereocenters. The number of carboxylic acid groups (broad SMARTS) is 1. The molecule has 0 fully saturated rings. The van der Waals surface area contributed by atoms with Crippen LogP contribution in [-0.4, -0.2) is 87.4 Å². The third-order valence-electron chi connectivity index (χ3n) is 12.9. The monoisotopic (exact) mass is 1100 g/mol. The van der Waals surface area contributed by atoms with E-state index in [2.05, 4.69) is 148 Å². The van der Waals surface area contributed by atoms with Gasteiger partial charge in [-0.1, -0.05) is 244 Å². The maximum absolute atomic E-state index is 12.9. The number of rotatable bonds is 56. The van der Waals surface area contributed by atoms with Crippen LogP contribution >= 0.6 is 0 Å². The summed E-state index contributed by atoms with van der Waals surface area (Å²) in [5, 5.41) is 9.73. The number of carboxylic acids is 1. The zero-order valence-corrected chi connectivity index (χ0v) is 51.0. The fourth-order valence-corrected chi connectivity index (χ4v) is 8.16. The minimum Gasteiger partial charge on any atom is -0.477 e. The third-order valence-corrected chi connectivity index (χ3v) is 12.9. The van der Waals surface area contributed by atoms with E-state index in [1.807, 2.05) is 21.1 Å². The summed E-state index contributed by atoms with van der Waals surface area (Å²) < 4.78 is 22.9. The molecule has 0 aliphatic rings. The number of allylic oxidation sites excluding steroid dienone is 22. The van der Waals surface area contributed by atoms with Crippen LogP contribution < -0.4 is 0 Å². The van der Waals surface area contributed by atoms with Crippen LogP contribution in [-0.2, 0) is 33.3 Å². The second kappa shape index (κ2) is 59.5. The number of carbonyl (C=O) groups is 3. The summed E-state index contributed by atoms with van der Waals surface area (Å²) in [6, 6.07) is 0. The van der Waals surface area contributed by atoms with E-state index >= 15 is 0 Å². The van der Waals surface area contributed by atoms with Gasteiger partial charge in [0.25, 0.3) is 6.29 Å². The molecular weight excluding hydrogens is 983 g/mol. The Labute approximate surface area is 484 Å². The van der Waals surface area contributed by atoms with E-state index in [0.29, 0.717) is 17.4 Å². The number of likely N-dealkylation sites (N-methyl/N-ethyl adjacent to an activating group) is 1. The maximum Gasteiger partial charge on any atom is 0.361 e. The number of quaternary nitrogens is 1. The van der Waals surface area contributed by atoms with Crippen molar-refractivity contribution < 1.29 is 42.9 Å². The first-order chi connectivity index (χ1) is 38.6. The van der Waals surface area contributed by atoms with E-state index in [1.54, 1.807) is 0 Å². The summed E-state index contributed by atoms with van der Waals surface area (Å²) in [5.74, 6) is -2.03. The van der Waals surface area contributed by atoms with Gasteiger partial charge in [0.2, 0.25) is 0 Å². The number of aliphatic carboxylic acids is 1. The van der Waals surface area contributed by atoms with Crippen LogP contribution in [0.25, 0.3) is 0 Å². The minimum absolute atomic E-state index is 0.178. The van der Waals surface area contributed by atoms with Crippen LogP contribution in [0.15, 0.2) is 134 Å². The van der Waals surface area contributed by atoms with Gasteiger partial charge in [0, 0.05) is 12.8 Å². The third kappa shape index (κ3) is 60.9. The Morgan fingerprint density at radius 3 is 1.01 bits per heavy atom. The Bertz CT molecular complexity index is 1750.